The van der Waals surface area contributed by atoms with Crippen LogP contribution in [0.1, 0.15) is 26.3 Å². The molecule has 22 heavy (non-hydrogen) atoms. The summed E-state index contributed by atoms with van der Waals surface area (Å²) in [7, 11) is 3.47. The minimum atomic E-state index is -0.132. The highest BCUT2D eigenvalue weighted by atomic mass is 79.9. The predicted molar refractivity (Wildman–Crippen MR) is 94.9 cm³/mol. The lowest BCUT2D eigenvalue weighted by Crippen LogP contribution is -2.49. The molecule has 0 atom stereocenters. The van der Waals surface area contributed by atoms with Crippen LogP contribution in [0.5, 0.6) is 0 Å². The Morgan fingerprint density at radius 2 is 1.82 bits per heavy atom. The highest BCUT2D eigenvalue weighted by molar-refractivity contribution is 9.10. The first-order valence-corrected chi connectivity index (χ1v) is 7.98. The molecule has 0 spiro atoms. The van der Waals surface area contributed by atoms with Gasteiger partial charge in [-0.15, -0.1) is 0 Å². The van der Waals surface area contributed by atoms with Crippen molar-refractivity contribution in [3.63, 3.8) is 0 Å². The standard InChI is InChI=1S/C16H25BrN4O/c1-16(2,3)20-15(19-11-14(22)21(4)5)18-10-12-6-8-13(17)9-7-12/h6-9H,10-11H2,1-5H3,(H2,18,19,20). The number of carbonyl (C=O) groups is 1. The van der Waals surface area contributed by atoms with Crippen molar-refractivity contribution in [2.45, 2.75) is 32.9 Å². The molecule has 0 aliphatic carbocycles. The number of halogens is 1. The Balaban J connectivity index is 2.73. The molecular formula is C16H25BrN4O. The van der Waals surface area contributed by atoms with Crippen LogP contribution in [0.25, 0.3) is 0 Å². The summed E-state index contributed by atoms with van der Waals surface area (Å²) in [4.78, 5) is 17.8. The number of likely N-dealkylation sites (N-methyl/N-ethyl adjacent to an activating group) is 1. The second kappa shape index (κ2) is 8.17. The number of amides is 1. The van der Waals surface area contributed by atoms with E-state index in [0.29, 0.717) is 12.5 Å². The summed E-state index contributed by atoms with van der Waals surface area (Å²) >= 11 is 3.42. The SMILES string of the molecule is CN(C)C(=O)CNC(=NCc1ccc(Br)cc1)NC(C)(C)C. The molecular weight excluding hydrogens is 344 g/mol. The van der Waals surface area contributed by atoms with Gasteiger partial charge in [-0.2, -0.15) is 0 Å². The van der Waals surface area contributed by atoms with E-state index in [1.165, 1.54) is 0 Å². The molecule has 6 heteroatoms. The van der Waals surface area contributed by atoms with Crippen molar-refractivity contribution in [3.05, 3.63) is 34.3 Å². The zero-order valence-electron chi connectivity index (χ0n) is 13.9. The molecule has 0 bridgehead atoms. The van der Waals surface area contributed by atoms with Crippen LogP contribution in [-0.2, 0) is 11.3 Å². The predicted octanol–water partition coefficient (Wildman–Crippen LogP) is 2.37. The molecule has 0 aromatic heterocycles. The normalized spacial score (nSPS) is 12.0. The topological polar surface area (TPSA) is 56.7 Å². The van der Waals surface area contributed by atoms with Crippen LogP contribution in [-0.4, -0.2) is 42.9 Å². The first-order chi connectivity index (χ1) is 10.2. The summed E-state index contributed by atoms with van der Waals surface area (Å²) in [6.07, 6.45) is 0. The van der Waals surface area contributed by atoms with E-state index in [0.717, 1.165) is 10.0 Å². The highest BCUT2D eigenvalue weighted by Gasteiger charge is 2.13. The average Bonchev–Trinajstić information content (AvgIpc) is 2.41. The van der Waals surface area contributed by atoms with Crippen molar-refractivity contribution in [3.8, 4) is 0 Å². The Hall–Kier alpha value is -1.56. The molecule has 0 fully saturated rings. The second-order valence-electron chi connectivity index (χ2n) is 6.31. The summed E-state index contributed by atoms with van der Waals surface area (Å²) in [5.41, 5.74) is 0.976. The van der Waals surface area contributed by atoms with Gasteiger partial charge in [-0.05, 0) is 38.5 Å². The van der Waals surface area contributed by atoms with Crippen molar-refractivity contribution in [2.24, 2.45) is 4.99 Å². The van der Waals surface area contributed by atoms with E-state index in [1.807, 2.05) is 24.3 Å². The van der Waals surface area contributed by atoms with E-state index in [-0.39, 0.29) is 18.0 Å². The van der Waals surface area contributed by atoms with E-state index in [1.54, 1.807) is 19.0 Å². The van der Waals surface area contributed by atoms with E-state index in [9.17, 15) is 4.79 Å². The summed E-state index contributed by atoms with van der Waals surface area (Å²) in [5, 5.41) is 6.37. The molecule has 1 aromatic rings. The number of hydrogen-bond acceptors (Lipinski definition) is 2. The monoisotopic (exact) mass is 368 g/mol. The third kappa shape index (κ3) is 7.45. The van der Waals surface area contributed by atoms with Crippen LogP contribution in [0.15, 0.2) is 33.7 Å². The van der Waals surface area contributed by atoms with Gasteiger partial charge in [0.25, 0.3) is 0 Å². The van der Waals surface area contributed by atoms with Crippen LogP contribution in [0.3, 0.4) is 0 Å². The minimum absolute atomic E-state index is 0.00653. The van der Waals surface area contributed by atoms with Crippen molar-refractivity contribution in [2.75, 3.05) is 20.6 Å². The molecule has 0 radical (unpaired) electrons. The first kappa shape index (κ1) is 18.5. The van der Waals surface area contributed by atoms with Crippen LogP contribution in [0, 0.1) is 0 Å². The first-order valence-electron chi connectivity index (χ1n) is 7.18. The zero-order chi connectivity index (χ0) is 16.8. The van der Waals surface area contributed by atoms with Gasteiger partial charge in [-0.3, -0.25) is 4.79 Å². The molecule has 0 saturated carbocycles. The van der Waals surface area contributed by atoms with Crippen LogP contribution < -0.4 is 10.6 Å². The van der Waals surface area contributed by atoms with Gasteiger partial charge in [0.2, 0.25) is 5.91 Å². The van der Waals surface area contributed by atoms with Crippen molar-refractivity contribution < 1.29 is 4.79 Å². The van der Waals surface area contributed by atoms with Gasteiger partial charge in [0.1, 0.15) is 0 Å². The Labute approximate surface area is 141 Å². The van der Waals surface area contributed by atoms with Crippen LogP contribution in [0.4, 0.5) is 0 Å². The maximum absolute atomic E-state index is 11.7. The number of rotatable bonds is 4. The van der Waals surface area contributed by atoms with Gasteiger partial charge in [0, 0.05) is 24.1 Å². The molecule has 2 N–H and O–H groups in total. The summed E-state index contributed by atoms with van der Waals surface area (Å²) < 4.78 is 1.04. The molecule has 1 rings (SSSR count). The fraction of sp³-hybridized carbons (Fsp3) is 0.500. The zero-order valence-corrected chi connectivity index (χ0v) is 15.5. The quantitative estimate of drug-likeness (QED) is 0.633. The molecule has 0 heterocycles. The van der Waals surface area contributed by atoms with Gasteiger partial charge in [0.05, 0.1) is 13.1 Å². The Morgan fingerprint density at radius 1 is 1.23 bits per heavy atom. The number of nitrogens with one attached hydrogen (secondary N) is 2. The minimum Gasteiger partial charge on any atom is -0.352 e. The number of nitrogens with zero attached hydrogens (tertiary/aromatic N) is 2. The van der Waals surface area contributed by atoms with Crippen molar-refractivity contribution >= 4 is 27.8 Å². The number of benzene rings is 1. The summed E-state index contributed by atoms with van der Waals surface area (Å²) in [5.74, 6) is 0.637. The third-order valence-electron chi connectivity index (χ3n) is 2.73. The molecule has 1 amide bonds. The average molecular weight is 369 g/mol. The van der Waals surface area contributed by atoms with Crippen molar-refractivity contribution in [1.82, 2.24) is 15.5 Å². The van der Waals surface area contributed by atoms with Crippen molar-refractivity contribution in [1.29, 1.82) is 0 Å². The van der Waals surface area contributed by atoms with E-state index in [2.05, 4.69) is 52.3 Å². The number of aliphatic imine (C=N–C) groups is 1. The Bertz CT molecular complexity index is 518. The highest BCUT2D eigenvalue weighted by Crippen LogP contribution is 2.11. The lowest BCUT2D eigenvalue weighted by atomic mass is 10.1. The lowest BCUT2D eigenvalue weighted by molar-refractivity contribution is -0.127. The number of carbonyl (C=O) groups excluding carboxylic acids is 1. The fourth-order valence-electron chi connectivity index (χ4n) is 1.57. The maximum Gasteiger partial charge on any atom is 0.241 e. The second-order valence-corrected chi connectivity index (χ2v) is 7.22. The van der Waals surface area contributed by atoms with Gasteiger partial charge < -0.3 is 15.5 Å². The third-order valence-corrected chi connectivity index (χ3v) is 3.26. The molecule has 122 valence electrons. The maximum atomic E-state index is 11.7. The summed E-state index contributed by atoms with van der Waals surface area (Å²) in [6, 6.07) is 8.02. The molecule has 5 nitrogen and oxygen atoms in total. The van der Waals surface area contributed by atoms with Gasteiger partial charge in [0.15, 0.2) is 5.96 Å². The smallest absolute Gasteiger partial charge is 0.241 e. The van der Waals surface area contributed by atoms with E-state index < -0.39 is 0 Å². The molecule has 0 unspecified atom stereocenters. The lowest BCUT2D eigenvalue weighted by Gasteiger charge is -2.24. The van der Waals surface area contributed by atoms with E-state index >= 15 is 0 Å². The van der Waals surface area contributed by atoms with Gasteiger partial charge in [-0.25, -0.2) is 4.99 Å². The molecule has 0 saturated heterocycles. The largest absolute Gasteiger partial charge is 0.352 e. The summed E-state index contributed by atoms with van der Waals surface area (Å²) in [6.45, 7) is 6.93. The van der Waals surface area contributed by atoms with Gasteiger partial charge >= 0.3 is 0 Å². The van der Waals surface area contributed by atoms with E-state index in [4.69, 9.17) is 0 Å². The van der Waals surface area contributed by atoms with Crippen LogP contribution >= 0.6 is 15.9 Å². The molecule has 1 aromatic carbocycles. The molecule has 0 aliphatic rings. The Kier molecular flexibility index (Phi) is 6.87. The Morgan fingerprint density at radius 3 is 2.32 bits per heavy atom. The number of guanidine groups is 1. The van der Waals surface area contributed by atoms with Crippen LogP contribution in [0.2, 0.25) is 0 Å². The van der Waals surface area contributed by atoms with Gasteiger partial charge in [-0.1, -0.05) is 28.1 Å². The molecule has 0 aliphatic heterocycles. The number of hydrogen-bond donors (Lipinski definition) is 2. The fourth-order valence-corrected chi connectivity index (χ4v) is 1.84.